The van der Waals surface area contributed by atoms with E-state index in [1.54, 1.807) is 0 Å². The Morgan fingerprint density at radius 1 is 1.27 bits per heavy atom. The van der Waals surface area contributed by atoms with Crippen molar-refractivity contribution in [3.63, 3.8) is 0 Å². The van der Waals surface area contributed by atoms with E-state index >= 15 is 0 Å². The van der Waals surface area contributed by atoms with Gasteiger partial charge in [0.25, 0.3) is 0 Å². The van der Waals surface area contributed by atoms with Gasteiger partial charge in [0, 0.05) is 11.6 Å². The molecule has 0 radical (unpaired) electrons. The second-order valence-corrected chi connectivity index (χ2v) is 5.47. The number of carbonyl (C=O) groups is 1. The van der Waals surface area contributed by atoms with Gasteiger partial charge in [-0.1, -0.05) is 56.5 Å². The lowest BCUT2D eigenvalue weighted by molar-refractivity contribution is -0.122. The van der Waals surface area contributed by atoms with Gasteiger partial charge in [-0.25, -0.2) is 0 Å². The van der Waals surface area contributed by atoms with Crippen molar-refractivity contribution in [2.75, 3.05) is 0 Å². The smallest absolute Gasteiger partial charge is 0.243 e. The second-order valence-electron chi connectivity index (χ2n) is 5.47. The maximum absolute atomic E-state index is 12.0. The summed E-state index contributed by atoms with van der Waals surface area (Å²) < 4.78 is 0. The van der Waals surface area contributed by atoms with Crippen molar-refractivity contribution in [1.29, 1.82) is 0 Å². The Hall–Kier alpha value is -2.24. The molecule has 2 rings (SSSR count). The lowest BCUT2D eigenvalue weighted by atomic mass is 10.1. The molecule has 6 heteroatoms. The molecule has 0 unspecified atom stereocenters. The number of hydrogen-bond acceptors (Lipinski definition) is 4. The average molecular weight is 301 g/mol. The van der Waals surface area contributed by atoms with Gasteiger partial charge in [0.1, 0.15) is 6.54 Å². The van der Waals surface area contributed by atoms with Crippen LogP contribution in [0.3, 0.4) is 0 Å². The number of nitrogens with zero attached hydrogens (tertiary/aromatic N) is 4. The molecule has 6 nitrogen and oxygen atoms in total. The van der Waals surface area contributed by atoms with E-state index in [0.717, 1.165) is 18.4 Å². The summed E-state index contributed by atoms with van der Waals surface area (Å²) in [5.74, 6) is 0.449. The molecule has 0 fully saturated rings. The highest BCUT2D eigenvalue weighted by Crippen LogP contribution is 2.11. The van der Waals surface area contributed by atoms with Crippen molar-refractivity contribution in [2.45, 2.75) is 52.1 Å². The zero-order chi connectivity index (χ0) is 15.8. The van der Waals surface area contributed by atoms with Crippen LogP contribution in [-0.4, -0.2) is 32.2 Å². The number of unbranched alkanes of at least 4 members (excludes halogenated alkanes) is 2. The molecule has 0 saturated heterocycles. The number of benzene rings is 1. The molecule has 0 spiro atoms. The van der Waals surface area contributed by atoms with Crippen molar-refractivity contribution in [3.8, 4) is 11.4 Å². The number of aromatic nitrogens is 4. The van der Waals surface area contributed by atoms with Crippen LogP contribution in [0.15, 0.2) is 30.3 Å². The second kappa shape index (κ2) is 8.26. The van der Waals surface area contributed by atoms with Crippen LogP contribution in [0.1, 0.15) is 39.5 Å². The fraction of sp³-hybridized carbons (Fsp3) is 0.500. The number of tetrazole rings is 1. The molecule has 0 bridgehead atoms. The standard InChI is InChI=1S/C16H23N5O/c1-3-4-6-9-13(2)17-15(22)12-21-19-16(18-20-21)14-10-7-5-8-11-14/h5,7-8,10-11,13H,3-4,6,9,12H2,1-2H3,(H,17,22)/t13-/m1/s1. The number of nitrogens with one attached hydrogen (secondary N) is 1. The Kier molecular flexibility index (Phi) is 6.06. The first kappa shape index (κ1) is 16.1. The first-order valence-corrected chi connectivity index (χ1v) is 7.81. The van der Waals surface area contributed by atoms with E-state index in [2.05, 4.69) is 27.7 Å². The van der Waals surface area contributed by atoms with Crippen molar-refractivity contribution in [1.82, 2.24) is 25.5 Å². The monoisotopic (exact) mass is 301 g/mol. The van der Waals surface area contributed by atoms with Crippen molar-refractivity contribution in [2.24, 2.45) is 0 Å². The van der Waals surface area contributed by atoms with Crippen molar-refractivity contribution >= 4 is 5.91 Å². The summed E-state index contributed by atoms with van der Waals surface area (Å²) in [6.45, 7) is 4.29. The van der Waals surface area contributed by atoms with Crippen LogP contribution in [0.2, 0.25) is 0 Å². The van der Waals surface area contributed by atoms with Crippen LogP contribution in [0.4, 0.5) is 0 Å². The average Bonchev–Trinajstić information content (AvgIpc) is 2.96. The van der Waals surface area contributed by atoms with Gasteiger partial charge in [-0.3, -0.25) is 4.79 Å². The molecule has 1 aromatic carbocycles. The van der Waals surface area contributed by atoms with Gasteiger partial charge in [0.15, 0.2) is 0 Å². The summed E-state index contributed by atoms with van der Waals surface area (Å²) in [5, 5.41) is 15.1. The number of amides is 1. The highest BCUT2D eigenvalue weighted by Gasteiger charge is 2.11. The highest BCUT2D eigenvalue weighted by molar-refractivity contribution is 5.75. The summed E-state index contributed by atoms with van der Waals surface area (Å²) in [6, 6.07) is 9.77. The molecule has 0 aliphatic rings. The minimum Gasteiger partial charge on any atom is -0.352 e. The molecule has 1 N–H and O–H groups in total. The Labute approximate surface area is 130 Å². The van der Waals surface area contributed by atoms with Gasteiger partial charge in [0.2, 0.25) is 11.7 Å². The predicted molar refractivity (Wildman–Crippen MR) is 85.0 cm³/mol. The number of hydrogen-bond donors (Lipinski definition) is 1. The fourth-order valence-electron chi connectivity index (χ4n) is 2.23. The van der Waals surface area contributed by atoms with Crippen LogP contribution in [0, 0.1) is 0 Å². The topological polar surface area (TPSA) is 72.7 Å². The minimum atomic E-state index is -0.0824. The molecule has 1 aromatic heterocycles. The molecule has 0 aliphatic heterocycles. The summed E-state index contributed by atoms with van der Waals surface area (Å²) in [4.78, 5) is 13.3. The minimum absolute atomic E-state index is 0.0824. The van der Waals surface area contributed by atoms with Crippen molar-refractivity contribution < 1.29 is 4.79 Å². The molecule has 0 aliphatic carbocycles. The van der Waals surface area contributed by atoms with E-state index in [-0.39, 0.29) is 18.5 Å². The van der Waals surface area contributed by atoms with Crippen molar-refractivity contribution in [3.05, 3.63) is 30.3 Å². The molecule has 1 amide bonds. The summed E-state index contributed by atoms with van der Waals surface area (Å²) in [7, 11) is 0. The largest absolute Gasteiger partial charge is 0.352 e. The summed E-state index contributed by atoms with van der Waals surface area (Å²) >= 11 is 0. The maximum atomic E-state index is 12.0. The van der Waals surface area contributed by atoms with Gasteiger partial charge < -0.3 is 5.32 Å². The third-order valence-electron chi connectivity index (χ3n) is 3.42. The molecule has 2 aromatic rings. The van der Waals surface area contributed by atoms with Crippen LogP contribution in [0.25, 0.3) is 11.4 Å². The SMILES string of the molecule is CCCCC[C@@H](C)NC(=O)Cn1nnc(-c2ccccc2)n1. The third-order valence-corrected chi connectivity index (χ3v) is 3.42. The highest BCUT2D eigenvalue weighted by atomic mass is 16.2. The van der Waals surface area contributed by atoms with E-state index in [1.165, 1.54) is 17.6 Å². The number of rotatable bonds is 8. The zero-order valence-electron chi connectivity index (χ0n) is 13.2. The molecular formula is C16H23N5O. The normalized spacial score (nSPS) is 12.1. The Morgan fingerprint density at radius 3 is 2.77 bits per heavy atom. The van der Waals surface area contributed by atoms with Crippen LogP contribution in [0.5, 0.6) is 0 Å². The first-order chi connectivity index (χ1) is 10.7. The van der Waals surface area contributed by atoms with Crippen LogP contribution in [-0.2, 0) is 11.3 Å². The van der Waals surface area contributed by atoms with E-state index in [0.29, 0.717) is 5.82 Å². The quantitative estimate of drug-likeness (QED) is 0.760. The molecule has 0 saturated carbocycles. The van der Waals surface area contributed by atoms with Gasteiger partial charge in [-0.05, 0) is 18.6 Å². The number of carbonyl (C=O) groups excluding carboxylic acids is 1. The Morgan fingerprint density at radius 2 is 2.05 bits per heavy atom. The Balaban J connectivity index is 1.83. The van der Waals surface area contributed by atoms with E-state index in [1.807, 2.05) is 37.3 Å². The molecular weight excluding hydrogens is 278 g/mol. The lowest BCUT2D eigenvalue weighted by Gasteiger charge is -2.12. The van der Waals surface area contributed by atoms with Crippen LogP contribution < -0.4 is 5.32 Å². The van der Waals surface area contributed by atoms with Gasteiger partial charge in [0.05, 0.1) is 0 Å². The van der Waals surface area contributed by atoms with E-state index < -0.39 is 0 Å². The van der Waals surface area contributed by atoms with Gasteiger partial charge >= 0.3 is 0 Å². The maximum Gasteiger partial charge on any atom is 0.243 e. The van der Waals surface area contributed by atoms with Crippen LogP contribution >= 0.6 is 0 Å². The van der Waals surface area contributed by atoms with Gasteiger partial charge in [-0.15, -0.1) is 10.2 Å². The summed E-state index contributed by atoms with van der Waals surface area (Å²) in [5.41, 5.74) is 0.891. The summed E-state index contributed by atoms with van der Waals surface area (Å²) in [6.07, 6.45) is 4.52. The fourth-order valence-corrected chi connectivity index (χ4v) is 2.23. The zero-order valence-corrected chi connectivity index (χ0v) is 13.2. The van der Waals surface area contributed by atoms with E-state index in [4.69, 9.17) is 0 Å². The molecule has 22 heavy (non-hydrogen) atoms. The van der Waals surface area contributed by atoms with Gasteiger partial charge in [-0.2, -0.15) is 4.80 Å². The van der Waals surface area contributed by atoms with E-state index in [9.17, 15) is 4.79 Å². The molecule has 1 heterocycles. The third kappa shape index (κ3) is 4.95. The first-order valence-electron chi connectivity index (χ1n) is 7.81. The lowest BCUT2D eigenvalue weighted by Crippen LogP contribution is -2.35. The molecule has 1 atom stereocenters. The molecule has 118 valence electrons. The Bertz CT molecular complexity index is 581. The predicted octanol–water partition coefficient (Wildman–Crippen LogP) is 2.43.